The maximum atomic E-state index is 12.1. The molecule has 2 N–H and O–H groups in total. The van der Waals surface area contributed by atoms with Crippen molar-refractivity contribution in [2.75, 3.05) is 18.4 Å². The van der Waals surface area contributed by atoms with Crippen molar-refractivity contribution in [1.82, 2.24) is 20.4 Å². The molecule has 106 valence electrons. The molecule has 0 atom stereocenters. The summed E-state index contributed by atoms with van der Waals surface area (Å²) in [5, 5.41) is 9.71. The minimum Gasteiger partial charge on any atom is -0.385 e. The number of aryl methyl sites for hydroxylation is 1. The van der Waals surface area contributed by atoms with E-state index in [1.165, 1.54) is 0 Å². The summed E-state index contributed by atoms with van der Waals surface area (Å²) in [5.41, 5.74) is 1.30. The summed E-state index contributed by atoms with van der Waals surface area (Å²) in [7, 11) is 0. The molecule has 0 aliphatic heterocycles. The molecule has 2 aromatic heterocycles. The fourth-order valence-electron chi connectivity index (χ4n) is 1.75. The predicted molar refractivity (Wildman–Crippen MR) is 73.5 cm³/mol. The predicted octanol–water partition coefficient (Wildman–Crippen LogP) is 1.18. The van der Waals surface area contributed by atoms with Crippen LogP contribution in [0, 0.1) is 6.92 Å². The molecule has 0 radical (unpaired) electrons. The van der Waals surface area contributed by atoms with Crippen molar-refractivity contribution < 1.29 is 9.32 Å². The SMILES string of the molecule is CCNc1ccncc1C(=O)NCCc1noc(C)n1. The molecule has 20 heavy (non-hydrogen) atoms. The molecule has 0 saturated carbocycles. The zero-order valence-corrected chi connectivity index (χ0v) is 11.5. The lowest BCUT2D eigenvalue weighted by Crippen LogP contribution is -2.27. The van der Waals surface area contributed by atoms with Crippen molar-refractivity contribution in [2.45, 2.75) is 20.3 Å². The second-order valence-electron chi connectivity index (χ2n) is 4.19. The number of aromatic nitrogens is 3. The molecule has 0 aliphatic rings. The molecule has 0 unspecified atom stereocenters. The third-order valence-electron chi connectivity index (χ3n) is 2.64. The van der Waals surface area contributed by atoms with Crippen LogP contribution in [0.4, 0.5) is 5.69 Å². The quantitative estimate of drug-likeness (QED) is 0.822. The first-order chi connectivity index (χ1) is 9.70. The van der Waals surface area contributed by atoms with E-state index in [1.54, 1.807) is 25.4 Å². The first-order valence-corrected chi connectivity index (χ1v) is 6.46. The Labute approximate surface area is 116 Å². The first-order valence-electron chi connectivity index (χ1n) is 6.46. The van der Waals surface area contributed by atoms with Crippen molar-refractivity contribution >= 4 is 11.6 Å². The fraction of sp³-hybridized carbons (Fsp3) is 0.385. The van der Waals surface area contributed by atoms with E-state index in [-0.39, 0.29) is 5.91 Å². The van der Waals surface area contributed by atoms with Crippen LogP contribution in [-0.4, -0.2) is 34.1 Å². The van der Waals surface area contributed by atoms with Gasteiger partial charge in [-0.2, -0.15) is 4.98 Å². The second kappa shape index (κ2) is 6.65. The van der Waals surface area contributed by atoms with Gasteiger partial charge >= 0.3 is 0 Å². The monoisotopic (exact) mass is 275 g/mol. The number of hydrogen-bond donors (Lipinski definition) is 2. The van der Waals surface area contributed by atoms with Crippen molar-refractivity contribution in [3.63, 3.8) is 0 Å². The molecule has 7 nitrogen and oxygen atoms in total. The molecular weight excluding hydrogens is 258 g/mol. The Kier molecular flexibility index (Phi) is 4.65. The zero-order valence-electron chi connectivity index (χ0n) is 11.5. The average molecular weight is 275 g/mol. The van der Waals surface area contributed by atoms with Gasteiger partial charge in [-0.3, -0.25) is 9.78 Å². The number of amides is 1. The van der Waals surface area contributed by atoms with Crippen LogP contribution in [0.2, 0.25) is 0 Å². The van der Waals surface area contributed by atoms with Crippen LogP contribution in [0.3, 0.4) is 0 Å². The fourth-order valence-corrected chi connectivity index (χ4v) is 1.75. The van der Waals surface area contributed by atoms with Crippen molar-refractivity contribution in [2.24, 2.45) is 0 Å². The van der Waals surface area contributed by atoms with Crippen LogP contribution in [0.5, 0.6) is 0 Å². The molecule has 0 spiro atoms. The van der Waals surface area contributed by atoms with Gasteiger partial charge in [0, 0.05) is 38.8 Å². The highest BCUT2D eigenvalue weighted by Crippen LogP contribution is 2.12. The van der Waals surface area contributed by atoms with Crippen LogP contribution in [-0.2, 0) is 6.42 Å². The summed E-state index contributed by atoms with van der Waals surface area (Å²) in [6.45, 7) is 4.89. The lowest BCUT2D eigenvalue weighted by atomic mass is 10.2. The lowest BCUT2D eigenvalue weighted by Gasteiger charge is -2.09. The molecule has 2 heterocycles. The van der Waals surface area contributed by atoms with Gasteiger partial charge in [-0.15, -0.1) is 0 Å². The van der Waals surface area contributed by atoms with E-state index >= 15 is 0 Å². The van der Waals surface area contributed by atoms with Crippen LogP contribution in [0.1, 0.15) is 29.0 Å². The van der Waals surface area contributed by atoms with Crippen molar-refractivity contribution in [3.05, 3.63) is 35.7 Å². The first kappa shape index (κ1) is 14.0. The van der Waals surface area contributed by atoms with Gasteiger partial charge in [-0.05, 0) is 13.0 Å². The third kappa shape index (κ3) is 3.53. The van der Waals surface area contributed by atoms with Crippen molar-refractivity contribution in [3.8, 4) is 0 Å². The second-order valence-corrected chi connectivity index (χ2v) is 4.19. The van der Waals surface area contributed by atoms with E-state index in [0.29, 0.717) is 30.2 Å². The molecule has 2 aromatic rings. The number of hydrogen-bond acceptors (Lipinski definition) is 6. The molecule has 0 fully saturated rings. The van der Waals surface area contributed by atoms with Gasteiger partial charge in [0.25, 0.3) is 5.91 Å². The number of anilines is 1. The summed E-state index contributed by atoms with van der Waals surface area (Å²) >= 11 is 0. The number of carbonyl (C=O) groups excluding carboxylic acids is 1. The number of rotatable bonds is 6. The number of nitrogens with zero attached hydrogens (tertiary/aromatic N) is 3. The lowest BCUT2D eigenvalue weighted by molar-refractivity contribution is 0.0954. The molecule has 2 rings (SSSR count). The van der Waals surface area contributed by atoms with Gasteiger partial charge in [-0.1, -0.05) is 5.16 Å². The van der Waals surface area contributed by atoms with E-state index in [0.717, 1.165) is 12.2 Å². The van der Waals surface area contributed by atoms with E-state index in [1.807, 2.05) is 6.92 Å². The molecular formula is C13H17N5O2. The highest BCUT2D eigenvalue weighted by molar-refractivity contribution is 5.99. The van der Waals surface area contributed by atoms with Gasteiger partial charge in [0.1, 0.15) is 0 Å². The Morgan fingerprint density at radius 1 is 1.45 bits per heavy atom. The molecule has 0 bridgehead atoms. The molecule has 7 heteroatoms. The highest BCUT2D eigenvalue weighted by atomic mass is 16.5. The highest BCUT2D eigenvalue weighted by Gasteiger charge is 2.11. The molecule has 0 saturated heterocycles. The van der Waals surface area contributed by atoms with Crippen molar-refractivity contribution in [1.29, 1.82) is 0 Å². The smallest absolute Gasteiger partial charge is 0.254 e. The summed E-state index contributed by atoms with van der Waals surface area (Å²) in [6, 6.07) is 1.78. The Balaban J connectivity index is 1.91. The van der Waals surface area contributed by atoms with E-state index in [4.69, 9.17) is 4.52 Å². The maximum absolute atomic E-state index is 12.1. The van der Waals surface area contributed by atoms with E-state index in [9.17, 15) is 4.79 Å². The Hall–Kier alpha value is -2.44. The van der Waals surface area contributed by atoms with Crippen LogP contribution in [0.15, 0.2) is 23.0 Å². The van der Waals surface area contributed by atoms with E-state index < -0.39 is 0 Å². The van der Waals surface area contributed by atoms with Gasteiger partial charge in [0.05, 0.1) is 11.3 Å². The maximum Gasteiger partial charge on any atom is 0.254 e. The number of pyridine rings is 1. The summed E-state index contributed by atoms with van der Waals surface area (Å²) in [6.07, 6.45) is 3.72. The Bertz CT molecular complexity index is 582. The summed E-state index contributed by atoms with van der Waals surface area (Å²) in [4.78, 5) is 20.1. The summed E-state index contributed by atoms with van der Waals surface area (Å²) < 4.78 is 4.86. The van der Waals surface area contributed by atoms with Crippen LogP contribution >= 0.6 is 0 Å². The minimum atomic E-state index is -0.172. The van der Waals surface area contributed by atoms with Crippen LogP contribution < -0.4 is 10.6 Å². The standard InChI is InChI=1S/C13H17N5O2/c1-3-15-11-4-6-14-8-10(11)13(19)16-7-5-12-17-9(2)20-18-12/h4,6,8H,3,5,7H2,1-2H3,(H,14,15)(H,16,19). The van der Waals surface area contributed by atoms with Gasteiger partial charge < -0.3 is 15.2 Å². The van der Waals surface area contributed by atoms with E-state index in [2.05, 4.69) is 25.8 Å². The van der Waals surface area contributed by atoms with Gasteiger partial charge in [-0.25, -0.2) is 0 Å². The minimum absolute atomic E-state index is 0.172. The van der Waals surface area contributed by atoms with Gasteiger partial charge in [0.15, 0.2) is 5.82 Å². The Morgan fingerprint density at radius 3 is 3.00 bits per heavy atom. The topological polar surface area (TPSA) is 92.9 Å². The average Bonchev–Trinajstić information content (AvgIpc) is 2.85. The Morgan fingerprint density at radius 2 is 2.30 bits per heavy atom. The largest absolute Gasteiger partial charge is 0.385 e. The summed E-state index contributed by atoms with van der Waals surface area (Å²) in [5.74, 6) is 0.933. The third-order valence-corrected chi connectivity index (χ3v) is 2.64. The number of carbonyl (C=O) groups is 1. The normalized spacial score (nSPS) is 10.3. The zero-order chi connectivity index (χ0) is 14.4. The molecule has 0 aromatic carbocycles. The molecule has 0 aliphatic carbocycles. The molecule has 1 amide bonds. The van der Waals surface area contributed by atoms with Gasteiger partial charge in [0.2, 0.25) is 5.89 Å². The van der Waals surface area contributed by atoms with Crippen LogP contribution in [0.25, 0.3) is 0 Å². The number of nitrogens with one attached hydrogen (secondary N) is 2.